The van der Waals surface area contributed by atoms with Gasteiger partial charge in [-0.25, -0.2) is 0 Å². The molecule has 108 valence electrons. The number of hydrogen-bond donors (Lipinski definition) is 1. The largest absolute Gasteiger partial charge is 0.310 e. The Morgan fingerprint density at radius 2 is 2.11 bits per heavy atom. The second-order valence-corrected chi connectivity index (χ2v) is 8.11. The third-order valence-electron chi connectivity index (χ3n) is 3.73. The number of nitrogens with one attached hydrogen (secondary N) is 1. The third-order valence-corrected chi connectivity index (χ3v) is 6.20. The van der Waals surface area contributed by atoms with Crippen LogP contribution in [0.1, 0.15) is 31.6 Å². The Balaban J connectivity index is 1.82. The first-order valence-electron chi connectivity index (χ1n) is 6.96. The molecule has 5 heteroatoms. The predicted molar refractivity (Wildman–Crippen MR) is 88.2 cm³/mol. The van der Waals surface area contributed by atoms with Crippen LogP contribution >= 0.6 is 38.9 Å². The van der Waals surface area contributed by atoms with Gasteiger partial charge in [-0.15, -0.1) is 11.3 Å². The van der Waals surface area contributed by atoms with Crippen molar-refractivity contribution >= 4 is 38.9 Å². The fourth-order valence-corrected chi connectivity index (χ4v) is 4.44. The smallest absolute Gasteiger partial charge is 0.107 e. The van der Waals surface area contributed by atoms with Crippen LogP contribution in [-0.4, -0.2) is 30.6 Å². The normalized spacial score (nSPS) is 18.4. The monoisotopic (exact) mass is 364 g/mol. The van der Waals surface area contributed by atoms with Crippen LogP contribution in [0.15, 0.2) is 10.5 Å². The third kappa shape index (κ3) is 4.43. The van der Waals surface area contributed by atoms with Crippen molar-refractivity contribution in [1.82, 2.24) is 10.2 Å². The quantitative estimate of drug-likeness (QED) is 0.805. The molecule has 2 rings (SSSR count). The number of hydrogen-bond acceptors (Lipinski definition) is 3. The lowest BCUT2D eigenvalue weighted by Crippen LogP contribution is -2.43. The maximum atomic E-state index is 6.06. The molecule has 0 saturated carbocycles. The summed E-state index contributed by atoms with van der Waals surface area (Å²) in [5, 5.41) is 3.59. The molecule has 1 fully saturated rings. The second kappa shape index (κ2) is 7.41. The highest BCUT2D eigenvalue weighted by Crippen LogP contribution is 2.31. The van der Waals surface area contributed by atoms with Crippen LogP contribution in [0.2, 0.25) is 4.34 Å². The van der Waals surface area contributed by atoms with Crippen LogP contribution in [0.25, 0.3) is 0 Å². The summed E-state index contributed by atoms with van der Waals surface area (Å²) in [6.45, 7) is 9.15. The molecule has 1 aliphatic heterocycles. The molecule has 0 amide bonds. The van der Waals surface area contributed by atoms with Gasteiger partial charge < -0.3 is 5.32 Å². The van der Waals surface area contributed by atoms with Gasteiger partial charge in [0, 0.05) is 28.5 Å². The summed E-state index contributed by atoms with van der Waals surface area (Å²) in [4.78, 5) is 3.93. The summed E-state index contributed by atoms with van der Waals surface area (Å²) in [6.07, 6.45) is 2.72. The zero-order valence-electron chi connectivity index (χ0n) is 11.6. The van der Waals surface area contributed by atoms with Gasteiger partial charge in [0.1, 0.15) is 4.34 Å². The van der Waals surface area contributed by atoms with Crippen LogP contribution in [0, 0.1) is 5.92 Å². The first-order chi connectivity index (χ1) is 9.08. The summed E-state index contributed by atoms with van der Waals surface area (Å²) in [5.41, 5.74) is 0. The molecule has 1 aromatic rings. The van der Waals surface area contributed by atoms with E-state index in [4.69, 9.17) is 11.6 Å². The van der Waals surface area contributed by atoms with Crippen molar-refractivity contribution in [3.05, 3.63) is 19.8 Å². The average Bonchev–Trinajstić information content (AvgIpc) is 2.96. The Kier molecular flexibility index (Phi) is 6.15. The second-order valence-electron chi connectivity index (χ2n) is 5.52. The summed E-state index contributed by atoms with van der Waals surface area (Å²) in [7, 11) is 0. The Labute approximate surface area is 133 Å². The molecule has 0 aliphatic carbocycles. The van der Waals surface area contributed by atoms with Crippen LogP contribution in [0.3, 0.4) is 0 Å². The minimum absolute atomic E-state index is 0.654. The Bertz CT molecular complexity index is 383. The Morgan fingerprint density at radius 1 is 1.42 bits per heavy atom. The molecular formula is C14H22BrClN2S. The van der Waals surface area contributed by atoms with E-state index in [-0.39, 0.29) is 0 Å². The first-order valence-corrected chi connectivity index (χ1v) is 8.95. The number of nitrogens with zero attached hydrogens (tertiary/aromatic N) is 1. The van der Waals surface area contributed by atoms with E-state index in [2.05, 4.69) is 46.1 Å². The van der Waals surface area contributed by atoms with Gasteiger partial charge in [-0.1, -0.05) is 25.4 Å². The van der Waals surface area contributed by atoms with Gasteiger partial charge in [0.15, 0.2) is 0 Å². The fraction of sp³-hybridized carbons (Fsp3) is 0.714. The van der Waals surface area contributed by atoms with Crippen molar-refractivity contribution in [1.29, 1.82) is 0 Å². The number of thiophene rings is 1. The molecule has 1 aliphatic rings. The topological polar surface area (TPSA) is 15.3 Å². The van der Waals surface area contributed by atoms with Crippen molar-refractivity contribution in [3.8, 4) is 0 Å². The highest BCUT2D eigenvalue weighted by molar-refractivity contribution is 9.10. The molecule has 1 aromatic heterocycles. The fourth-order valence-electron chi connectivity index (χ4n) is 2.68. The van der Waals surface area contributed by atoms with Gasteiger partial charge in [0.25, 0.3) is 0 Å². The number of likely N-dealkylation sites (tertiary alicyclic amines) is 1. The molecule has 1 saturated heterocycles. The zero-order chi connectivity index (χ0) is 13.8. The number of halogens is 2. The van der Waals surface area contributed by atoms with Crippen molar-refractivity contribution in [2.45, 2.75) is 39.3 Å². The summed E-state index contributed by atoms with van der Waals surface area (Å²) in [5.74, 6) is 0.698. The van der Waals surface area contributed by atoms with Crippen molar-refractivity contribution in [2.24, 2.45) is 5.92 Å². The van der Waals surface area contributed by atoms with Crippen LogP contribution in [-0.2, 0) is 6.54 Å². The van der Waals surface area contributed by atoms with E-state index in [1.165, 1.54) is 30.8 Å². The Morgan fingerprint density at radius 3 is 2.63 bits per heavy atom. The van der Waals surface area contributed by atoms with Gasteiger partial charge in [0.2, 0.25) is 0 Å². The molecule has 2 heterocycles. The SMILES string of the molecule is CC(C)C(CNCc1cc(Br)c(Cl)s1)N1CCCC1. The van der Waals surface area contributed by atoms with Gasteiger partial charge in [0.05, 0.1) is 0 Å². The standard InChI is InChI=1S/C14H22BrClN2S/c1-10(2)13(18-5-3-4-6-18)9-17-8-11-7-12(15)14(16)19-11/h7,10,13,17H,3-6,8-9H2,1-2H3. The average molecular weight is 366 g/mol. The molecule has 1 atom stereocenters. The minimum atomic E-state index is 0.654. The highest BCUT2D eigenvalue weighted by atomic mass is 79.9. The molecular weight excluding hydrogens is 344 g/mol. The Hall–Kier alpha value is 0.390. The molecule has 1 unspecified atom stereocenters. The van der Waals surface area contributed by atoms with Gasteiger partial charge >= 0.3 is 0 Å². The lowest BCUT2D eigenvalue weighted by molar-refractivity contribution is 0.186. The number of rotatable bonds is 6. The minimum Gasteiger partial charge on any atom is -0.310 e. The molecule has 0 spiro atoms. The first kappa shape index (κ1) is 15.8. The van der Waals surface area contributed by atoms with Gasteiger partial charge in [-0.3, -0.25) is 4.90 Å². The van der Waals surface area contributed by atoms with E-state index in [9.17, 15) is 0 Å². The van der Waals surface area contributed by atoms with E-state index in [1.54, 1.807) is 11.3 Å². The maximum Gasteiger partial charge on any atom is 0.107 e. The van der Waals surface area contributed by atoms with Crippen LogP contribution < -0.4 is 5.32 Å². The summed E-state index contributed by atoms with van der Waals surface area (Å²) in [6, 6.07) is 2.77. The van der Waals surface area contributed by atoms with Crippen molar-refractivity contribution < 1.29 is 0 Å². The van der Waals surface area contributed by atoms with Gasteiger partial charge in [-0.2, -0.15) is 0 Å². The van der Waals surface area contributed by atoms with E-state index >= 15 is 0 Å². The predicted octanol–water partition coefficient (Wildman–Crippen LogP) is 4.37. The maximum absolute atomic E-state index is 6.06. The van der Waals surface area contributed by atoms with E-state index in [0.717, 1.165) is 21.9 Å². The van der Waals surface area contributed by atoms with E-state index in [1.807, 2.05) is 0 Å². The zero-order valence-corrected chi connectivity index (χ0v) is 14.7. The lowest BCUT2D eigenvalue weighted by Gasteiger charge is -2.31. The summed E-state index contributed by atoms with van der Waals surface area (Å²) < 4.78 is 1.85. The molecule has 0 bridgehead atoms. The van der Waals surface area contributed by atoms with Crippen LogP contribution in [0.4, 0.5) is 0 Å². The van der Waals surface area contributed by atoms with Crippen LogP contribution in [0.5, 0.6) is 0 Å². The van der Waals surface area contributed by atoms with Crippen molar-refractivity contribution in [2.75, 3.05) is 19.6 Å². The van der Waals surface area contributed by atoms with Crippen molar-refractivity contribution in [3.63, 3.8) is 0 Å². The molecule has 2 nitrogen and oxygen atoms in total. The van der Waals surface area contributed by atoms with Gasteiger partial charge in [-0.05, 0) is 53.8 Å². The summed E-state index contributed by atoms with van der Waals surface area (Å²) >= 11 is 11.2. The molecule has 0 aromatic carbocycles. The molecule has 0 radical (unpaired) electrons. The van der Waals surface area contributed by atoms with E-state index < -0.39 is 0 Å². The van der Waals surface area contributed by atoms with E-state index in [0.29, 0.717) is 12.0 Å². The molecule has 1 N–H and O–H groups in total. The lowest BCUT2D eigenvalue weighted by atomic mass is 10.0. The highest BCUT2D eigenvalue weighted by Gasteiger charge is 2.24. The molecule has 19 heavy (non-hydrogen) atoms.